The molecular weight excluding hydrogens is 2360 g/mol. The number of para-hydroxylation sites is 7. The molecule has 0 spiro atoms. The van der Waals surface area contributed by atoms with Crippen LogP contribution in [0.4, 0.5) is 0 Å². The summed E-state index contributed by atoms with van der Waals surface area (Å²) in [5.74, 6) is 0. The Labute approximate surface area is 745 Å². The number of nitrogens with zero attached hydrogens (tertiary/aromatic N) is 20. The van der Waals surface area contributed by atoms with E-state index in [0.29, 0.717) is 0 Å². The Kier molecular flexibility index (Phi) is 43.6. The fraction of sp³-hybridized carbons (Fsp3) is 0.0112. The van der Waals surface area contributed by atoms with Crippen molar-refractivity contribution in [3.05, 3.63) is 457 Å². The standard InChI is InChI=1S/C10H9N2.5C9H7N2.C9H6NO.C9H6NS.2C8H6N3.5Ir/c1-12-8-7-10(11-12)9-5-3-2-4-6-9;5*1-2-5-9(6-3-1)11-8-4-7-10-11;2*1-2-4-8(5-3-1)9-6-7-11-10-9;1-2-4-8(5-3-1)11-7-9-6-10-11;1-2-4-8(5-3-1)11-9-6-7-10-11;;;;;/h2-5,7-8H,1H3;5*1-5,7-8H;4*1-4,6-7H;;;;;/q10*-1;;;;;. The van der Waals surface area contributed by atoms with E-state index >= 15 is 0 Å². The number of aromatic nitrogens is 20. The summed E-state index contributed by atoms with van der Waals surface area (Å²) in [5.41, 5.74) is 12.5. The molecule has 0 atom stereocenters. The van der Waals surface area contributed by atoms with E-state index in [0.717, 1.165) is 73.6 Å². The van der Waals surface area contributed by atoms with E-state index in [9.17, 15) is 0 Å². The Morgan fingerprint density at radius 3 is 0.871 bits per heavy atom. The van der Waals surface area contributed by atoms with Gasteiger partial charge in [0.2, 0.25) is 0 Å². The number of rotatable bonds is 10. The molecular formula is C89H68Ir5N20OS-10. The first-order valence-electron chi connectivity index (χ1n) is 34.3. The molecule has 0 aliphatic carbocycles. The molecule has 0 unspecified atom stereocenters. The molecule has 21 nitrogen and oxygen atoms in total. The first-order valence-corrected chi connectivity index (χ1v) is 35.1. The molecule has 10 aromatic heterocycles. The first-order chi connectivity index (χ1) is 55.1. The number of aryl methyl sites for hydroxylation is 1. The van der Waals surface area contributed by atoms with Crippen LogP contribution in [-0.2, 0) is 108 Å². The largest absolute Gasteiger partial charge is 0.375 e. The second-order valence-corrected chi connectivity index (χ2v) is 22.8. The van der Waals surface area contributed by atoms with Gasteiger partial charge < -0.3 is 4.52 Å². The Hall–Kier alpha value is -12.2. The fourth-order valence-electron chi connectivity index (χ4n) is 9.32. The van der Waals surface area contributed by atoms with Crippen LogP contribution in [0.15, 0.2) is 401 Å². The van der Waals surface area contributed by atoms with E-state index in [-0.39, 0.29) is 101 Å². The van der Waals surface area contributed by atoms with Crippen molar-refractivity contribution >= 4 is 11.5 Å². The molecule has 20 rings (SSSR count). The summed E-state index contributed by atoms with van der Waals surface area (Å²) >= 11 is 1.46. The Balaban J connectivity index is 0.000000199. The molecule has 0 aliphatic rings. The summed E-state index contributed by atoms with van der Waals surface area (Å²) in [6, 6.07) is 123. The molecule has 591 valence electrons. The van der Waals surface area contributed by atoms with Gasteiger partial charge in [-0.1, -0.05) is 23.7 Å². The van der Waals surface area contributed by atoms with Gasteiger partial charge in [0.05, 0.1) is 12.4 Å². The minimum atomic E-state index is 0. The van der Waals surface area contributed by atoms with Crippen LogP contribution in [0.3, 0.4) is 0 Å². The van der Waals surface area contributed by atoms with Gasteiger partial charge in [0.15, 0.2) is 0 Å². The molecule has 5 radical (unpaired) electrons. The molecule has 0 aliphatic heterocycles. The molecule has 10 aromatic carbocycles. The molecule has 0 amide bonds. The zero-order valence-electron chi connectivity index (χ0n) is 61.5. The Morgan fingerprint density at radius 1 is 0.284 bits per heavy atom. The first kappa shape index (κ1) is 92.7. The average molecular weight is 2430 g/mol. The zero-order chi connectivity index (χ0) is 76.1. The maximum atomic E-state index is 4.70. The monoisotopic (exact) mass is 2430 g/mol. The van der Waals surface area contributed by atoms with Gasteiger partial charge in [0, 0.05) is 198 Å². The summed E-state index contributed by atoms with van der Waals surface area (Å²) in [6.07, 6.45) is 28.1. The molecule has 0 N–H and O–H groups in total. The van der Waals surface area contributed by atoms with Crippen LogP contribution in [0.1, 0.15) is 0 Å². The third-order valence-corrected chi connectivity index (χ3v) is 15.0. The van der Waals surface area contributed by atoms with Crippen molar-refractivity contribution in [2.75, 3.05) is 0 Å². The minimum Gasteiger partial charge on any atom is -0.375 e. The van der Waals surface area contributed by atoms with Crippen LogP contribution >= 0.6 is 11.5 Å². The van der Waals surface area contributed by atoms with Gasteiger partial charge in [0.25, 0.3) is 0 Å². The maximum Gasteiger partial charge on any atom is 0.138 e. The number of benzene rings is 10. The van der Waals surface area contributed by atoms with E-state index in [1.807, 2.05) is 341 Å². The summed E-state index contributed by atoms with van der Waals surface area (Å²) in [6.45, 7) is 0. The smallest absolute Gasteiger partial charge is 0.138 e. The van der Waals surface area contributed by atoms with E-state index < -0.39 is 0 Å². The van der Waals surface area contributed by atoms with Crippen LogP contribution in [0.25, 0.3) is 73.6 Å². The maximum absolute atomic E-state index is 4.70. The van der Waals surface area contributed by atoms with Crippen molar-refractivity contribution in [3.63, 3.8) is 0 Å². The van der Waals surface area contributed by atoms with Crippen LogP contribution in [0.2, 0.25) is 0 Å². The number of hydrogen-bond acceptors (Lipinski definition) is 14. The molecule has 0 saturated heterocycles. The van der Waals surface area contributed by atoms with Crippen molar-refractivity contribution < 1.29 is 105 Å². The van der Waals surface area contributed by atoms with Gasteiger partial charge >= 0.3 is 0 Å². The zero-order valence-corrected chi connectivity index (χ0v) is 74.2. The summed E-state index contributed by atoms with van der Waals surface area (Å²) in [7, 11) is 1.91. The van der Waals surface area contributed by atoms with Gasteiger partial charge in [-0.2, -0.15) is 215 Å². The van der Waals surface area contributed by atoms with Gasteiger partial charge in [-0.05, 0) is 76.2 Å². The molecule has 27 heteroatoms. The topological polar surface area (TPSA) is 207 Å². The summed E-state index contributed by atoms with van der Waals surface area (Å²) in [4.78, 5) is 5.36. The summed E-state index contributed by atoms with van der Waals surface area (Å²) < 4.78 is 21.2. The van der Waals surface area contributed by atoms with E-state index in [4.69, 9.17) is 4.52 Å². The Bertz CT molecular complexity index is 4540. The summed E-state index contributed by atoms with van der Waals surface area (Å²) in [5, 5.41) is 42.3. The molecule has 0 saturated carbocycles. The predicted octanol–water partition coefficient (Wildman–Crippen LogP) is 17.1. The van der Waals surface area contributed by atoms with Crippen LogP contribution in [0, 0.1) is 60.7 Å². The second kappa shape index (κ2) is 54.5. The molecule has 0 bridgehead atoms. The van der Waals surface area contributed by atoms with E-state index in [2.05, 4.69) is 121 Å². The third-order valence-electron chi connectivity index (χ3n) is 14.4. The van der Waals surface area contributed by atoms with Crippen molar-refractivity contribution in [1.82, 2.24) is 98.0 Å². The average Bonchev–Trinajstić information content (AvgIpc) is 1.74. The molecule has 116 heavy (non-hydrogen) atoms. The van der Waals surface area contributed by atoms with Gasteiger partial charge in [0.1, 0.15) is 18.9 Å². The van der Waals surface area contributed by atoms with Gasteiger partial charge in [-0.25, -0.2) is 19.1 Å². The fourth-order valence-corrected chi connectivity index (χ4v) is 9.84. The van der Waals surface area contributed by atoms with Gasteiger partial charge in [-0.15, -0.1) is 155 Å². The normalized spacial score (nSPS) is 9.42. The van der Waals surface area contributed by atoms with Gasteiger partial charge in [-0.3, -0.25) is 28.1 Å². The number of hydrogen-bond donors (Lipinski definition) is 0. The SMILES string of the molecule is Cn1ccc(-c2[c-]cccc2)n1.[Ir].[Ir].[Ir].[Ir].[Ir].[c-]1ccccc1-c1ccon1.[c-]1ccccc1-c1ccsn1.[c-]1ccccc1-n1cccn1.[c-]1ccccc1-n1cccn1.[c-]1ccccc1-n1cccn1.[c-]1ccccc1-n1cccn1.[c-]1ccccc1-n1cccn1.[c-]1ccccc1-n1cncn1.[c-]1ccccc1-n1nccn1. The van der Waals surface area contributed by atoms with Crippen molar-refractivity contribution in [2.45, 2.75) is 0 Å². The van der Waals surface area contributed by atoms with Crippen molar-refractivity contribution in [2.24, 2.45) is 7.05 Å². The van der Waals surface area contributed by atoms with Crippen LogP contribution in [-0.4, -0.2) is 98.0 Å². The molecule has 0 fully saturated rings. The quantitative estimate of drug-likeness (QED) is 0.117. The molecule has 20 aromatic rings. The predicted molar refractivity (Wildman–Crippen MR) is 427 cm³/mol. The Morgan fingerprint density at radius 2 is 0.612 bits per heavy atom. The molecule has 10 heterocycles. The van der Waals surface area contributed by atoms with E-state index in [1.165, 1.54) is 22.7 Å². The van der Waals surface area contributed by atoms with Crippen LogP contribution in [0.5, 0.6) is 0 Å². The van der Waals surface area contributed by atoms with Crippen LogP contribution < -0.4 is 0 Å². The second-order valence-electron chi connectivity index (χ2n) is 22.1. The van der Waals surface area contributed by atoms with E-state index in [1.54, 1.807) is 88.7 Å². The van der Waals surface area contributed by atoms with Crippen molar-refractivity contribution in [1.29, 1.82) is 0 Å². The minimum absolute atomic E-state index is 0. The van der Waals surface area contributed by atoms with Crippen molar-refractivity contribution in [3.8, 4) is 73.6 Å². The third kappa shape index (κ3) is 32.0.